The summed E-state index contributed by atoms with van der Waals surface area (Å²) in [6.45, 7) is 8.62. The van der Waals surface area contributed by atoms with E-state index in [9.17, 15) is 0 Å². The molecule has 0 N–H and O–H groups in total. The van der Waals surface area contributed by atoms with Gasteiger partial charge in [0.2, 0.25) is 0 Å². The summed E-state index contributed by atoms with van der Waals surface area (Å²) < 4.78 is 0. The fourth-order valence-electron chi connectivity index (χ4n) is 1.10. The topological polar surface area (TPSA) is 0 Å². The highest BCUT2D eigenvalue weighted by molar-refractivity contribution is 5.75. The second kappa shape index (κ2) is 3.61. The van der Waals surface area contributed by atoms with Crippen molar-refractivity contribution in [2.75, 3.05) is 0 Å². The van der Waals surface area contributed by atoms with Crippen molar-refractivity contribution in [3.63, 3.8) is 0 Å². The van der Waals surface area contributed by atoms with E-state index in [0.29, 0.717) is 0 Å². The van der Waals surface area contributed by atoms with Crippen LogP contribution >= 0.6 is 0 Å². The van der Waals surface area contributed by atoms with Gasteiger partial charge in [-0.15, -0.1) is 0 Å². The third-order valence-corrected chi connectivity index (χ3v) is 2.11. The van der Waals surface area contributed by atoms with Crippen LogP contribution in [-0.2, 0) is 0 Å². The quantitative estimate of drug-likeness (QED) is 0.492. The smallest absolute Gasteiger partial charge is 0 e. The molecule has 3 radical (unpaired) electrons. The Kier molecular flexibility index (Phi) is 3.38. The van der Waals surface area contributed by atoms with Crippen molar-refractivity contribution in [2.45, 2.75) is 27.7 Å². The van der Waals surface area contributed by atoms with Crippen molar-refractivity contribution in [1.29, 1.82) is 0 Å². The van der Waals surface area contributed by atoms with Crippen LogP contribution in [0.25, 0.3) is 0 Å². The Morgan fingerprint density at radius 2 is 0.818 bits per heavy atom. The van der Waals surface area contributed by atoms with E-state index in [2.05, 4.69) is 39.8 Å². The third kappa shape index (κ3) is 2.11. The molecule has 0 amide bonds. The van der Waals surface area contributed by atoms with E-state index in [1.807, 2.05) is 0 Å². The highest BCUT2D eigenvalue weighted by atomic mass is 14.0. The first kappa shape index (κ1) is 10.3. The van der Waals surface area contributed by atoms with Crippen molar-refractivity contribution in [2.24, 2.45) is 0 Å². The van der Waals surface area contributed by atoms with Gasteiger partial charge in [0.1, 0.15) is 0 Å². The fraction of sp³-hybridized carbons (Fsp3) is 0.400. The molecule has 0 aliphatic carbocycles. The molecule has 0 aromatic heterocycles. The molecule has 0 saturated carbocycles. The van der Waals surface area contributed by atoms with Crippen LogP contribution in [0.3, 0.4) is 0 Å². The van der Waals surface area contributed by atoms with Crippen LogP contribution in [0.2, 0.25) is 0 Å². The lowest BCUT2D eigenvalue weighted by Gasteiger charge is -2.04. The van der Waals surface area contributed by atoms with Gasteiger partial charge in [-0.1, -0.05) is 12.1 Å². The molecule has 0 bridgehead atoms. The highest BCUT2D eigenvalue weighted by Crippen LogP contribution is 2.13. The minimum Gasteiger partial charge on any atom is -0.0559 e. The summed E-state index contributed by atoms with van der Waals surface area (Å²) in [5, 5.41) is 0. The van der Waals surface area contributed by atoms with Gasteiger partial charge in [-0.3, -0.25) is 0 Å². The lowest BCUT2D eigenvalue weighted by atomic mass is 10.0. The summed E-state index contributed by atoms with van der Waals surface area (Å²) in [6, 6.07) is 4.48. The zero-order valence-corrected chi connectivity index (χ0v) is 7.73. The molecule has 0 fully saturated rings. The van der Waals surface area contributed by atoms with Crippen molar-refractivity contribution in [1.82, 2.24) is 0 Å². The average Bonchev–Trinajstić information content (AvgIpc) is 1.84. The molecule has 11 heavy (non-hydrogen) atoms. The van der Waals surface area contributed by atoms with Crippen LogP contribution in [0.4, 0.5) is 0 Å². The van der Waals surface area contributed by atoms with Crippen LogP contribution < -0.4 is 0 Å². The van der Waals surface area contributed by atoms with Gasteiger partial charge in [-0.2, -0.15) is 0 Å². The van der Waals surface area contributed by atoms with Gasteiger partial charge in [0.25, 0.3) is 0 Å². The summed E-state index contributed by atoms with van der Waals surface area (Å²) in [6.07, 6.45) is 0. The summed E-state index contributed by atoms with van der Waals surface area (Å²) in [5.74, 6) is 0. The SMILES string of the molecule is Cc1cc(C)c(C)cc1C.[B]. The Morgan fingerprint density at radius 1 is 0.636 bits per heavy atom. The molecule has 0 heterocycles. The van der Waals surface area contributed by atoms with Crippen molar-refractivity contribution >= 4 is 8.41 Å². The Morgan fingerprint density at radius 3 is 1.00 bits per heavy atom. The van der Waals surface area contributed by atoms with Crippen LogP contribution in [0.15, 0.2) is 12.1 Å². The Balaban J connectivity index is 0.000001000. The summed E-state index contributed by atoms with van der Waals surface area (Å²) in [7, 11) is 0. The molecule has 57 valence electrons. The molecule has 0 nitrogen and oxygen atoms in total. The molecule has 0 unspecified atom stereocenters. The molecule has 0 aliphatic heterocycles. The van der Waals surface area contributed by atoms with Gasteiger partial charge >= 0.3 is 0 Å². The minimum absolute atomic E-state index is 0. The normalized spacial score (nSPS) is 9.09. The molecular formula is C10H14B. The van der Waals surface area contributed by atoms with Gasteiger partial charge in [-0.05, 0) is 49.9 Å². The lowest BCUT2D eigenvalue weighted by Crippen LogP contribution is -1.86. The molecule has 1 rings (SSSR count). The first-order valence-electron chi connectivity index (χ1n) is 3.65. The second-order valence-electron chi connectivity index (χ2n) is 3.02. The Hall–Kier alpha value is -0.715. The standard InChI is InChI=1S/C10H14.B/c1-7-5-9(3)10(4)6-8(7)2;/h5-6H,1-4H3;. The number of aryl methyl sites for hydroxylation is 4. The summed E-state index contributed by atoms with van der Waals surface area (Å²) in [5.41, 5.74) is 5.57. The maximum Gasteiger partial charge on any atom is 0 e. The number of benzene rings is 1. The summed E-state index contributed by atoms with van der Waals surface area (Å²) >= 11 is 0. The minimum atomic E-state index is 0. The Labute approximate surface area is 71.2 Å². The molecule has 1 aromatic rings. The van der Waals surface area contributed by atoms with Gasteiger partial charge in [0, 0.05) is 8.41 Å². The highest BCUT2D eigenvalue weighted by Gasteiger charge is 1.95. The van der Waals surface area contributed by atoms with Gasteiger partial charge < -0.3 is 0 Å². The van der Waals surface area contributed by atoms with Crippen LogP contribution in [0.1, 0.15) is 22.3 Å². The van der Waals surface area contributed by atoms with Crippen LogP contribution in [0.5, 0.6) is 0 Å². The fourth-order valence-corrected chi connectivity index (χ4v) is 1.10. The third-order valence-electron chi connectivity index (χ3n) is 2.11. The van der Waals surface area contributed by atoms with Crippen molar-refractivity contribution in [3.8, 4) is 0 Å². The van der Waals surface area contributed by atoms with Crippen LogP contribution in [-0.4, -0.2) is 8.41 Å². The van der Waals surface area contributed by atoms with Gasteiger partial charge in [0.05, 0.1) is 0 Å². The van der Waals surface area contributed by atoms with Gasteiger partial charge in [-0.25, -0.2) is 0 Å². The van der Waals surface area contributed by atoms with Gasteiger partial charge in [0.15, 0.2) is 0 Å². The van der Waals surface area contributed by atoms with E-state index in [-0.39, 0.29) is 8.41 Å². The molecule has 0 saturated heterocycles. The zero-order chi connectivity index (χ0) is 7.72. The average molecular weight is 145 g/mol. The zero-order valence-electron chi connectivity index (χ0n) is 7.73. The molecule has 1 heteroatoms. The summed E-state index contributed by atoms with van der Waals surface area (Å²) in [4.78, 5) is 0. The predicted molar refractivity (Wildman–Crippen MR) is 51.1 cm³/mol. The van der Waals surface area contributed by atoms with E-state index in [0.717, 1.165) is 0 Å². The largest absolute Gasteiger partial charge is 0.0559 e. The molecule has 0 spiro atoms. The lowest BCUT2D eigenvalue weighted by molar-refractivity contribution is 1.24. The first-order valence-corrected chi connectivity index (χ1v) is 3.65. The van der Waals surface area contributed by atoms with E-state index < -0.39 is 0 Å². The molecule has 1 aromatic carbocycles. The second-order valence-corrected chi connectivity index (χ2v) is 3.02. The van der Waals surface area contributed by atoms with E-state index in [1.54, 1.807) is 0 Å². The monoisotopic (exact) mass is 145 g/mol. The first-order chi connectivity index (χ1) is 4.61. The molecular weight excluding hydrogens is 131 g/mol. The maximum atomic E-state index is 2.24. The number of rotatable bonds is 0. The number of hydrogen-bond acceptors (Lipinski definition) is 0. The van der Waals surface area contributed by atoms with E-state index in [4.69, 9.17) is 0 Å². The van der Waals surface area contributed by atoms with Crippen molar-refractivity contribution in [3.05, 3.63) is 34.4 Å². The van der Waals surface area contributed by atoms with E-state index >= 15 is 0 Å². The Bertz CT molecular complexity index is 201. The van der Waals surface area contributed by atoms with E-state index in [1.165, 1.54) is 22.3 Å². The van der Waals surface area contributed by atoms with Crippen LogP contribution in [0, 0.1) is 27.7 Å². The molecule has 0 aliphatic rings. The maximum absolute atomic E-state index is 2.24. The number of hydrogen-bond donors (Lipinski definition) is 0. The van der Waals surface area contributed by atoms with Crippen molar-refractivity contribution < 1.29 is 0 Å². The predicted octanol–water partition coefficient (Wildman–Crippen LogP) is 2.54. The molecule has 0 atom stereocenters.